The Morgan fingerprint density at radius 3 is 2.21 bits per heavy atom. The molecular weight excluding hydrogens is 308 g/mol. The molecule has 1 heterocycles. The molecule has 1 aliphatic heterocycles. The summed E-state index contributed by atoms with van der Waals surface area (Å²) in [6.45, 7) is 1.95. The Morgan fingerprint density at radius 2 is 1.62 bits per heavy atom. The lowest BCUT2D eigenvalue weighted by atomic mass is 9.95. The lowest BCUT2D eigenvalue weighted by molar-refractivity contribution is 0.170. The van der Waals surface area contributed by atoms with Crippen molar-refractivity contribution in [3.8, 4) is 17.2 Å². The number of methoxy groups -OCH3 is 3. The molecule has 0 spiro atoms. The zero-order valence-electron chi connectivity index (χ0n) is 14.1. The minimum atomic E-state index is -0.243. The van der Waals surface area contributed by atoms with Crippen LogP contribution in [-0.4, -0.2) is 26.4 Å². The van der Waals surface area contributed by atoms with Crippen molar-refractivity contribution in [2.45, 2.75) is 13.0 Å². The fraction of sp³-hybridized carbons (Fsp3) is 0.263. The molecule has 24 heavy (non-hydrogen) atoms. The molecule has 126 valence electrons. The number of phenolic OH excluding ortho intramolecular Hbond substituents is 1. The summed E-state index contributed by atoms with van der Waals surface area (Å²) in [5, 5.41) is 9.50. The van der Waals surface area contributed by atoms with Gasteiger partial charge >= 0.3 is 0 Å². The van der Waals surface area contributed by atoms with Crippen LogP contribution in [-0.2, 0) is 9.47 Å². The van der Waals surface area contributed by atoms with E-state index in [1.807, 2.05) is 19.1 Å². The Kier molecular flexibility index (Phi) is 4.25. The normalized spacial score (nSPS) is 16.2. The van der Waals surface area contributed by atoms with Gasteiger partial charge in [0, 0.05) is 16.7 Å². The average molecular weight is 328 g/mol. The molecule has 0 saturated heterocycles. The van der Waals surface area contributed by atoms with Crippen LogP contribution in [0.3, 0.4) is 0 Å². The van der Waals surface area contributed by atoms with Crippen LogP contribution in [0.2, 0.25) is 0 Å². The van der Waals surface area contributed by atoms with E-state index in [-0.39, 0.29) is 11.9 Å². The van der Waals surface area contributed by atoms with Crippen molar-refractivity contribution in [2.75, 3.05) is 21.3 Å². The van der Waals surface area contributed by atoms with Crippen LogP contribution in [0.25, 0.3) is 11.5 Å². The SMILES string of the molecule is COC1=C(c2ccc(O)cc2)OC(C)c2c1ccc(OC)c2OC. The monoisotopic (exact) mass is 328 g/mol. The van der Waals surface area contributed by atoms with Gasteiger partial charge in [-0.3, -0.25) is 0 Å². The summed E-state index contributed by atoms with van der Waals surface area (Å²) < 4.78 is 22.7. The molecule has 1 N–H and O–H groups in total. The molecule has 1 aliphatic rings. The number of hydrogen-bond donors (Lipinski definition) is 1. The van der Waals surface area contributed by atoms with Crippen LogP contribution in [0, 0.1) is 0 Å². The molecule has 0 amide bonds. The number of phenols is 1. The van der Waals surface area contributed by atoms with Crippen LogP contribution in [0.1, 0.15) is 29.7 Å². The van der Waals surface area contributed by atoms with Gasteiger partial charge in [0.2, 0.25) is 0 Å². The Bertz CT molecular complexity index is 777. The van der Waals surface area contributed by atoms with Gasteiger partial charge in [-0.25, -0.2) is 0 Å². The third-order valence-electron chi connectivity index (χ3n) is 4.07. The highest BCUT2D eigenvalue weighted by Crippen LogP contribution is 2.47. The Labute approximate surface area is 141 Å². The van der Waals surface area contributed by atoms with E-state index >= 15 is 0 Å². The third kappa shape index (κ3) is 2.52. The van der Waals surface area contributed by atoms with Gasteiger partial charge in [-0.1, -0.05) is 0 Å². The lowest BCUT2D eigenvalue weighted by Crippen LogP contribution is -2.14. The first kappa shape index (κ1) is 16.1. The molecule has 0 aromatic heterocycles. The van der Waals surface area contributed by atoms with Crippen molar-refractivity contribution >= 4 is 11.5 Å². The number of aromatic hydroxyl groups is 1. The second kappa shape index (κ2) is 6.35. The van der Waals surface area contributed by atoms with Gasteiger partial charge < -0.3 is 24.1 Å². The predicted molar refractivity (Wildman–Crippen MR) is 91.0 cm³/mol. The predicted octanol–water partition coefficient (Wildman–Crippen LogP) is 3.97. The first-order chi connectivity index (χ1) is 11.6. The van der Waals surface area contributed by atoms with Gasteiger partial charge in [0.05, 0.1) is 21.3 Å². The van der Waals surface area contributed by atoms with E-state index in [1.54, 1.807) is 45.6 Å². The van der Waals surface area contributed by atoms with Crippen molar-refractivity contribution in [3.63, 3.8) is 0 Å². The third-order valence-corrected chi connectivity index (χ3v) is 4.07. The molecular formula is C19H20O5. The number of fused-ring (bicyclic) bond motifs is 1. The highest BCUT2D eigenvalue weighted by Gasteiger charge is 2.31. The minimum absolute atomic E-state index is 0.203. The van der Waals surface area contributed by atoms with Crippen LogP contribution in [0.15, 0.2) is 36.4 Å². The quantitative estimate of drug-likeness (QED) is 0.920. The summed E-state index contributed by atoms with van der Waals surface area (Å²) in [6, 6.07) is 10.6. The zero-order valence-corrected chi connectivity index (χ0v) is 14.1. The van der Waals surface area contributed by atoms with Crippen LogP contribution in [0.4, 0.5) is 0 Å². The first-order valence-electron chi connectivity index (χ1n) is 7.60. The maximum atomic E-state index is 9.50. The van der Waals surface area contributed by atoms with Crippen LogP contribution < -0.4 is 9.47 Å². The molecule has 0 bridgehead atoms. The van der Waals surface area contributed by atoms with Crippen molar-refractivity contribution in [1.29, 1.82) is 0 Å². The van der Waals surface area contributed by atoms with Crippen LogP contribution in [0.5, 0.6) is 17.2 Å². The molecule has 1 atom stereocenters. The molecule has 0 fully saturated rings. The van der Waals surface area contributed by atoms with E-state index in [2.05, 4.69) is 0 Å². The standard InChI is InChI=1S/C19H20O5/c1-11-16-14(9-10-15(21-2)19(16)23-4)18(22-3)17(24-11)12-5-7-13(20)8-6-12/h5-11,20H,1-4H3. The number of hydrogen-bond acceptors (Lipinski definition) is 5. The van der Waals surface area contributed by atoms with Crippen molar-refractivity contribution in [3.05, 3.63) is 53.1 Å². The summed E-state index contributed by atoms with van der Waals surface area (Å²) >= 11 is 0. The minimum Gasteiger partial charge on any atom is -0.508 e. The molecule has 5 nitrogen and oxygen atoms in total. The highest BCUT2D eigenvalue weighted by molar-refractivity contribution is 5.88. The summed E-state index contributed by atoms with van der Waals surface area (Å²) in [7, 11) is 4.82. The van der Waals surface area contributed by atoms with Crippen molar-refractivity contribution < 1.29 is 24.1 Å². The Morgan fingerprint density at radius 1 is 0.917 bits per heavy atom. The molecule has 2 aromatic carbocycles. The summed E-state index contributed by atoms with van der Waals surface area (Å²) in [5.41, 5.74) is 2.62. The maximum absolute atomic E-state index is 9.50. The highest BCUT2D eigenvalue weighted by atomic mass is 16.5. The molecule has 0 radical (unpaired) electrons. The fourth-order valence-corrected chi connectivity index (χ4v) is 2.98. The van der Waals surface area contributed by atoms with Gasteiger partial charge in [-0.05, 0) is 43.3 Å². The van der Waals surface area contributed by atoms with E-state index < -0.39 is 0 Å². The van der Waals surface area contributed by atoms with Gasteiger partial charge in [0.25, 0.3) is 0 Å². The molecule has 5 heteroatoms. The maximum Gasteiger partial charge on any atom is 0.169 e. The Hall–Kier alpha value is -2.82. The fourth-order valence-electron chi connectivity index (χ4n) is 2.98. The van der Waals surface area contributed by atoms with E-state index in [4.69, 9.17) is 18.9 Å². The second-order valence-electron chi connectivity index (χ2n) is 5.43. The van der Waals surface area contributed by atoms with Crippen molar-refractivity contribution in [2.24, 2.45) is 0 Å². The summed E-state index contributed by atoms with van der Waals surface area (Å²) in [5.74, 6) is 2.74. The molecule has 2 aromatic rings. The smallest absolute Gasteiger partial charge is 0.169 e. The largest absolute Gasteiger partial charge is 0.508 e. The number of rotatable bonds is 4. The molecule has 0 saturated carbocycles. The first-order valence-corrected chi connectivity index (χ1v) is 7.60. The Balaban J connectivity index is 2.23. The molecule has 3 rings (SSSR count). The van der Waals surface area contributed by atoms with Gasteiger partial charge in [-0.2, -0.15) is 0 Å². The van der Waals surface area contributed by atoms with E-state index in [9.17, 15) is 5.11 Å². The van der Waals surface area contributed by atoms with E-state index in [1.165, 1.54) is 0 Å². The average Bonchev–Trinajstić information content (AvgIpc) is 2.61. The van der Waals surface area contributed by atoms with Gasteiger partial charge in [0.15, 0.2) is 23.0 Å². The molecule has 0 aliphatic carbocycles. The van der Waals surface area contributed by atoms with E-state index in [0.717, 1.165) is 16.7 Å². The van der Waals surface area contributed by atoms with Crippen LogP contribution >= 0.6 is 0 Å². The van der Waals surface area contributed by atoms with Gasteiger partial charge in [-0.15, -0.1) is 0 Å². The summed E-state index contributed by atoms with van der Waals surface area (Å²) in [4.78, 5) is 0. The topological polar surface area (TPSA) is 57.2 Å². The number of benzene rings is 2. The summed E-state index contributed by atoms with van der Waals surface area (Å²) in [6.07, 6.45) is -0.243. The van der Waals surface area contributed by atoms with E-state index in [0.29, 0.717) is 23.0 Å². The van der Waals surface area contributed by atoms with Crippen molar-refractivity contribution in [1.82, 2.24) is 0 Å². The molecule has 1 unspecified atom stereocenters. The second-order valence-corrected chi connectivity index (χ2v) is 5.43. The van der Waals surface area contributed by atoms with Gasteiger partial charge in [0.1, 0.15) is 11.9 Å². The zero-order chi connectivity index (χ0) is 17.3. The number of ether oxygens (including phenoxy) is 4. The lowest BCUT2D eigenvalue weighted by Gasteiger charge is -2.30.